The van der Waals surface area contributed by atoms with Crippen LogP contribution in [0.1, 0.15) is 12.8 Å². The van der Waals surface area contributed by atoms with E-state index in [1.165, 1.54) is 0 Å². The molecule has 2 rings (SSSR count). The summed E-state index contributed by atoms with van der Waals surface area (Å²) in [4.78, 5) is 25.1. The zero-order chi connectivity index (χ0) is 15.8. The molecule has 3 amide bonds. The maximum absolute atomic E-state index is 11.8. The number of carbonyl (C=O) groups is 2. The number of carbonyl (C=O) groups excluding carboxylic acids is 2. The van der Waals surface area contributed by atoms with Crippen LogP contribution in [0.3, 0.4) is 0 Å². The molecule has 1 heterocycles. The van der Waals surface area contributed by atoms with E-state index in [1.807, 2.05) is 24.3 Å². The number of rotatable bonds is 6. The van der Waals surface area contributed by atoms with Crippen LogP contribution in [0.25, 0.3) is 0 Å². The second-order valence-corrected chi connectivity index (χ2v) is 5.92. The van der Waals surface area contributed by atoms with Crippen LogP contribution in [0.5, 0.6) is 5.75 Å². The van der Waals surface area contributed by atoms with Crippen molar-refractivity contribution >= 4 is 27.9 Å². The lowest BCUT2D eigenvalue weighted by Gasteiger charge is -2.15. The highest BCUT2D eigenvalue weighted by Gasteiger charge is 2.17. The summed E-state index contributed by atoms with van der Waals surface area (Å²) in [6.45, 7) is 2.36. The minimum atomic E-state index is -0.356. The Bertz CT molecular complexity index is 519. The molecule has 1 fully saturated rings. The third-order valence-corrected chi connectivity index (χ3v) is 3.80. The quantitative estimate of drug-likeness (QED) is 0.750. The Labute approximate surface area is 138 Å². The molecule has 1 aliphatic heterocycles. The summed E-state index contributed by atoms with van der Waals surface area (Å²) in [6.07, 6.45) is 2.09. The minimum Gasteiger partial charge on any atom is -0.492 e. The highest BCUT2D eigenvalue weighted by molar-refractivity contribution is 9.10. The van der Waals surface area contributed by atoms with Crippen LogP contribution in [0.15, 0.2) is 28.7 Å². The molecule has 0 spiro atoms. The molecule has 7 heteroatoms. The van der Waals surface area contributed by atoms with Gasteiger partial charge in [-0.2, -0.15) is 0 Å². The molecule has 0 bridgehead atoms. The first-order valence-electron chi connectivity index (χ1n) is 7.33. The number of nitrogens with one attached hydrogen (secondary N) is 2. The Morgan fingerprint density at radius 3 is 2.73 bits per heavy atom. The Morgan fingerprint density at radius 2 is 2.00 bits per heavy atom. The van der Waals surface area contributed by atoms with E-state index < -0.39 is 0 Å². The van der Waals surface area contributed by atoms with Gasteiger partial charge in [0.05, 0.1) is 13.1 Å². The molecule has 0 aromatic heterocycles. The molecule has 1 saturated heterocycles. The lowest BCUT2D eigenvalue weighted by Crippen LogP contribution is -2.43. The van der Waals surface area contributed by atoms with Crippen molar-refractivity contribution in [3.63, 3.8) is 0 Å². The minimum absolute atomic E-state index is 0.0296. The normalized spacial score (nSPS) is 13.8. The summed E-state index contributed by atoms with van der Waals surface area (Å²) >= 11 is 3.36. The molecule has 6 nitrogen and oxygen atoms in total. The largest absolute Gasteiger partial charge is 0.492 e. The van der Waals surface area contributed by atoms with E-state index in [9.17, 15) is 9.59 Å². The van der Waals surface area contributed by atoms with Gasteiger partial charge in [0.25, 0.3) is 0 Å². The first-order chi connectivity index (χ1) is 10.6. The predicted molar refractivity (Wildman–Crippen MR) is 86.9 cm³/mol. The lowest BCUT2D eigenvalue weighted by molar-refractivity contribution is -0.128. The van der Waals surface area contributed by atoms with Gasteiger partial charge in [-0.1, -0.05) is 22.0 Å². The summed E-state index contributed by atoms with van der Waals surface area (Å²) in [5, 5.41) is 5.22. The molecular formula is C15H20BrN3O3. The van der Waals surface area contributed by atoms with Crippen molar-refractivity contribution in [2.75, 3.05) is 32.8 Å². The van der Waals surface area contributed by atoms with E-state index in [0.717, 1.165) is 36.2 Å². The van der Waals surface area contributed by atoms with Gasteiger partial charge in [-0.15, -0.1) is 0 Å². The number of likely N-dealkylation sites (tertiary alicyclic amines) is 1. The van der Waals surface area contributed by atoms with Crippen LogP contribution >= 0.6 is 15.9 Å². The zero-order valence-corrected chi connectivity index (χ0v) is 13.9. The molecule has 120 valence electrons. The first-order valence-corrected chi connectivity index (χ1v) is 8.12. The molecular weight excluding hydrogens is 350 g/mol. The fourth-order valence-electron chi connectivity index (χ4n) is 2.19. The van der Waals surface area contributed by atoms with Gasteiger partial charge >= 0.3 is 6.03 Å². The summed E-state index contributed by atoms with van der Waals surface area (Å²) in [5.41, 5.74) is 0. The number of nitrogens with zero attached hydrogens (tertiary/aromatic N) is 1. The smallest absolute Gasteiger partial charge is 0.315 e. The van der Waals surface area contributed by atoms with Crippen LogP contribution in [0.2, 0.25) is 0 Å². The van der Waals surface area contributed by atoms with Crippen molar-refractivity contribution in [1.29, 1.82) is 0 Å². The third kappa shape index (κ3) is 5.55. The average Bonchev–Trinajstić information content (AvgIpc) is 3.04. The van der Waals surface area contributed by atoms with Crippen molar-refractivity contribution in [3.8, 4) is 5.75 Å². The van der Waals surface area contributed by atoms with Crippen molar-refractivity contribution in [3.05, 3.63) is 28.7 Å². The topological polar surface area (TPSA) is 70.7 Å². The zero-order valence-electron chi connectivity index (χ0n) is 12.3. The van der Waals surface area contributed by atoms with Crippen molar-refractivity contribution in [1.82, 2.24) is 15.5 Å². The molecule has 2 N–H and O–H groups in total. The van der Waals surface area contributed by atoms with E-state index in [-0.39, 0.29) is 18.5 Å². The third-order valence-electron chi connectivity index (χ3n) is 3.31. The molecule has 1 aromatic rings. The summed E-state index contributed by atoms with van der Waals surface area (Å²) in [6, 6.07) is 7.14. The van der Waals surface area contributed by atoms with Gasteiger partial charge in [-0.3, -0.25) is 4.79 Å². The lowest BCUT2D eigenvalue weighted by atomic mass is 10.3. The Kier molecular flexibility index (Phi) is 6.51. The molecule has 0 atom stereocenters. The van der Waals surface area contributed by atoms with Gasteiger partial charge in [0, 0.05) is 17.6 Å². The van der Waals surface area contributed by atoms with Crippen molar-refractivity contribution in [2.45, 2.75) is 12.8 Å². The average molecular weight is 370 g/mol. The molecule has 1 aliphatic rings. The molecule has 0 unspecified atom stereocenters. The molecule has 0 radical (unpaired) electrons. The van der Waals surface area contributed by atoms with Gasteiger partial charge in [0.1, 0.15) is 12.4 Å². The number of urea groups is 1. The van der Waals surface area contributed by atoms with Crippen molar-refractivity contribution in [2.24, 2.45) is 0 Å². The van der Waals surface area contributed by atoms with Crippen LogP contribution in [-0.4, -0.2) is 49.6 Å². The van der Waals surface area contributed by atoms with Gasteiger partial charge in [-0.25, -0.2) is 4.79 Å². The Morgan fingerprint density at radius 1 is 1.23 bits per heavy atom. The SMILES string of the molecule is O=C(NCCOc1cccc(Br)c1)NCC(=O)N1CCCC1. The highest BCUT2D eigenvalue weighted by atomic mass is 79.9. The number of ether oxygens (including phenoxy) is 1. The highest BCUT2D eigenvalue weighted by Crippen LogP contribution is 2.17. The van der Waals surface area contributed by atoms with Gasteiger partial charge in [-0.05, 0) is 31.0 Å². The molecule has 22 heavy (non-hydrogen) atoms. The standard InChI is InChI=1S/C15H20BrN3O3/c16-12-4-3-5-13(10-12)22-9-6-17-15(21)18-11-14(20)19-7-1-2-8-19/h3-5,10H,1-2,6-9,11H2,(H2,17,18,21). The number of benzene rings is 1. The van der Waals surface area contributed by atoms with Crippen LogP contribution in [0.4, 0.5) is 4.79 Å². The Balaban J connectivity index is 1.56. The number of halogens is 1. The maximum atomic E-state index is 11.8. The van der Waals surface area contributed by atoms with Crippen molar-refractivity contribution < 1.29 is 14.3 Å². The maximum Gasteiger partial charge on any atom is 0.315 e. The van der Waals surface area contributed by atoms with E-state index in [4.69, 9.17) is 4.74 Å². The van der Waals surface area contributed by atoms with Gasteiger partial charge in [0.2, 0.25) is 5.91 Å². The molecule has 0 saturated carbocycles. The van der Waals surface area contributed by atoms with E-state index in [1.54, 1.807) is 4.90 Å². The van der Waals surface area contributed by atoms with E-state index in [2.05, 4.69) is 26.6 Å². The first kappa shape index (κ1) is 16.6. The summed E-state index contributed by atoms with van der Waals surface area (Å²) < 4.78 is 6.44. The number of hydrogen-bond donors (Lipinski definition) is 2. The van der Waals surface area contributed by atoms with E-state index >= 15 is 0 Å². The number of hydrogen-bond acceptors (Lipinski definition) is 3. The van der Waals surface area contributed by atoms with Crippen LogP contribution in [-0.2, 0) is 4.79 Å². The Hall–Kier alpha value is -1.76. The van der Waals surface area contributed by atoms with E-state index in [0.29, 0.717) is 13.2 Å². The molecule has 0 aliphatic carbocycles. The van der Waals surface area contributed by atoms with Crippen LogP contribution < -0.4 is 15.4 Å². The fourth-order valence-corrected chi connectivity index (χ4v) is 2.57. The predicted octanol–water partition coefficient (Wildman–Crippen LogP) is 1.75. The van der Waals surface area contributed by atoms with Crippen LogP contribution in [0, 0.1) is 0 Å². The van der Waals surface area contributed by atoms with Gasteiger partial charge < -0.3 is 20.3 Å². The number of amides is 3. The summed E-state index contributed by atoms with van der Waals surface area (Å²) in [5.74, 6) is 0.707. The molecule has 1 aromatic carbocycles. The second-order valence-electron chi connectivity index (χ2n) is 5.00. The second kappa shape index (κ2) is 8.63. The van der Waals surface area contributed by atoms with Gasteiger partial charge in [0.15, 0.2) is 0 Å². The summed E-state index contributed by atoms with van der Waals surface area (Å²) in [7, 11) is 0. The fraction of sp³-hybridized carbons (Fsp3) is 0.467. The monoisotopic (exact) mass is 369 g/mol.